The van der Waals surface area contributed by atoms with Crippen LogP contribution < -0.4 is 0 Å². The summed E-state index contributed by atoms with van der Waals surface area (Å²) in [6.07, 6.45) is 9.66. The minimum Gasteiger partial charge on any atom is -0.448 e. The zero-order valence-corrected chi connectivity index (χ0v) is 24.8. The zero-order valence-electron chi connectivity index (χ0n) is 24.0. The lowest BCUT2D eigenvalue weighted by Crippen LogP contribution is -2.53. The van der Waals surface area contributed by atoms with Crippen molar-refractivity contribution in [2.24, 2.45) is 0 Å². The number of ether oxygens (including phenoxy) is 1. The molecule has 39 heavy (non-hydrogen) atoms. The maximum absolute atomic E-state index is 13.2. The summed E-state index contributed by atoms with van der Waals surface area (Å²) >= 11 is 0. The van der Waals surface area contributed by atoms with E-state index < -0.39 is 9.39 Å². The van der Waals surface area contributed by atoms with Gasteiger partial charge in [0.05, 0.1) is 6.04 Å². The van der Waals surface area contributed by atoms with Crippen LogP contribution in [0.3, 0.4) is 0 Å². The predicted octanol–water partition coefficient (Wildman–Crippen LogP) is 6.93. The Balaban J connectivity index is 1.30. The molecule has 0 N–H and O–H groups in total. The number of carbonyl (C=O) groups is 1. The highest BCUT2D eigenvalue weighted by molar-refractivity contribution is 8.25. The molecule has 2 aromatic carbocycles. The van der Waals surface area contributed by atoms with E-state index in [2.05, 4.69) is 71.6 Å². The molecular formula is C33H47N3O2S. The Kier molecular flexibility index (Phi) is 9.05. The Labute approximate surface area is 236 Å². The quantitative estimate of drug-likeness (QED) is 0.366. The molecule has 1 aliphatic carbocycles. The highest BCUT2D eigenvalue weighted by Gasteiger charge is 2.37. The fraction of sp³-hybridized carbons (Fsp3) is 0.545. The van der Waals surface area contributed by atoms with Crippen molar-refractivity contribution in [3.05, 3.63) is 65.2 Å². The number of nitrogens with zero attached hydrogens (tertiary/aromatic N) is 3. The van der Waals surface area contributed by atoms with Gasteiger partial charge in [0.1, 0.15) is 6.61 Å². The van der Waals surface area contributed by atoms with Crippen molar-refractivity contribution >= 4 is 27.2 Å². The summed E-state index contributed by atoms with van der Waals surface area (Å²) < 4.78 is 8.61. The molecule has 0 unspecified atom stereocenters. The second-order valence-electron chi connectivity index (χ2n) is 11.9. The number of piperidine rings is 1. The first-order valence-corrected chi connectivity index (χ1v) is 16.8. The van der Waals surface area contributed by atoms with Crippen LogP contribution in [0.2, 0.25) is 0 Å². The Morgan fingerprint density at radius 1 is 0.872 bits per heavy atom. The fourth-order valence-corrected chi connectivity index (χ4v) is 9.21. The van der Waals surface area contributed by atoms with Crippen molar-refractivity contribution in [1.82, 2.24) is 14.1 Å². The Bertz CT molecular complexity index is 1210. The van der Waals surface area contributed by atoms with E-state index >= 15 is 0 Å². The van der Waals surface area contributed by atoms with Gasteiger partial charge >= 0.3 is 6.09 Å². The number of aryl methyl sites for hydroxylation is 2. The number of hydrogen-bond acceptors (Lipinski definition) is 4. The third-order valence-corrected chi connectivity index (χ3v) is 11.7. The van der Waals surface area contributed by atoms with Crippen LogP contribution in [0.25, 0.3) is 0 Å². The number of hydrogen-bond donors (Lipinski definition) is 0. The molecule has 0 radical (unpaired) electrons. The van der Waals surface area contributed by atoms with Gasteiger partial charge in [-0.25, -0.2) is 9.10 Å². The number of amides is 1. The predicted molar refractivity (Wildman–Crippen MR) is 166 cm³/mol. The van der Waals surface area contributed by atoms with Crippen LogP contribution in [0.5, 0.6) is 0 Å². The second-order valence-corrected chi connectivity index (χ2v) is 14.4. The molecule has 3 aliphatic rings. The Morgan fingerprint density at radius 2 is 1.56 bits per heavy atom. The normalized spacial score (nSPS) is 24.0. The summed E-state index contributed by atoms with van der Waals surface area (Å²) in [4.78, 5) is 18.9. The van der Waals surface area contributed by atoms with E-state index in [4.69, 9.17) is 16.5 Å². The van der Waals surface area contributed by atoms with Gasteiger partial charge in [-0.1, -0.05) is 73.0 Å². The van der Waals surface area contributed by atoms with Gasteiger partial charge in [-0.05, 0) is 69.2 Å². The van der Waals surface area contributed by atoms with Gasteiger partial charge < -0.3 is 9.64 Å². The molecule has 0 spiro atoms. The smallest absolute Gasteiger partial charge is 0.409 e. The van der Waals surface area contributed by atoms with Crippen LogP contribution in [-0.4, -0.2) is 76.8 Å². The molecular weight excluding hydrogens is 502 g/mol. The molecule has 2 saturated heterocycles. The molecule has 6 heteroatoms. The molecule has 3 fully saturated rings. The molecule has 5 nitrogen and oxygen atoms in total. The van der Waals surface area contributed by atoms with E-state index in [1.807, 2.05) is 4.90 Å². The molecule has 2 aliphatic heterocycles. The summed E-state index contributed by atoms with van der Waals surface area (Å²) in [5.74, 6) is 9.52. The van der Waals surface area contributed by atoms with Crippen molar-refractivity contribution in [1.29, 1.82) is 0 Å². The van der Waals surface area contributed by atoms with Crippen LogP contribution in [0, 0.1) is 13.8 Å². The standard InChI is InChI=1S/C33H47N3O2S/c1-26-17-19-30(20-18-26)39(3,4)36-29(14-10-16-32(36)31-15-9-8-11-27(31)2)25-38-33(37)35-23-21-34(22-24-35)28-12-6-5-7-13-28/h8-9,11,15,17-20,28-29,32H,3-7,10,12-14,16,21-25H2,1-2H3/t29-,32+/m1/s1. The maximum Gasteiger partial charge on any atom is 0.409 e. The molecule has 1 saturated carbocycles. The molecule has 212 valence electrons. The molecule has 0 aromatic heterocycles. The minimum atomic E-state index is -1.81. The highest BCUT2D eigenvalue weighted by atomic mass is 32.2. The molecule has 2 aromatic rings. The third kappa shape index (κ3) is 6.39. The van der Waals surface area contributed by atoms with Crippen LogP contribution >= 0.6 is 9.39 Å². The van der Waals surface area contributed by atoms with Gasteiger partial charge in [0.2, 0.25) is 0 Å². The van der Waals surface area contributed by atoms with Crippen molar-refractivity contribution in [3.8, 4) is 0 Å². The molecule has 2 heterocycles. The SMILES string of the molecule is C=S(=C)(c1ccc(C)cc1)N1[C@@H](COC(=O)N2CCN(C3CCCCC3)CC2)CCC[C@H]1c1ccccc1C. The van der Waals surface area contributed by atoms with Gasteiger partial charge in [0, 0.05) is 43.2 Å². The van der Waals surface area contributed by atoms with E-state index in [0.717, 1.165) is 45.4 Å². The van der Waals surface area contributed by atoms with Crippen molar-refractivity contribution in [3.63, 3.8) is 0 Å². The van der Waals surface area contributed by atoms with E-state index in [-0.39, 0.29) is 18.2 Å². The van der Waals surface area contributed by atoms with Crippen molar-refractivity contribution in [2.75, 3.05) is 32.8 Å². The van der Waals surface area contributed by atoms with Crippen molar-refractivity contribution < 1.29 is 9.53 Å². The number of carbonyl (C=O) groups excluding carboxylic acids is 1. The number of piperazine rings is 1. The van der Waals surface area contributed by atoms with Gasteiger partial charge in [0.15, 0.2) is 0 Å². The molecule has 2 atom stereocenters. The first-order valence-electron chi connectivity index (χ1n) is 14.9. The van der Waals surface area contributed by atoms with Crippen molar-refractivity contribution in [2.45, 2.75) is 88.2 Å². The van der Waals surface area contributed by atoms with E-state index in [0.29, 0.717) is 12.6 Å². The van der Waals surface area contributed by atoms with Crippen LogP contribution in [0.4, 0.5) is 4.79 Å². The fourth-order valence-electron chi connectivity index (χ4n) is 6.88. The lowest BCUT2D eigenvalue weighted by molar-refractivity contribution is 0.0398. The van der Waals surface area contributed by atoms with Crippen LogP contribution in [-0.2, 0) is 4.74 Å². The zero-order chi connectivity index (χ0) is 27.4. The maximum atomic E-state index is 13.2. The first-order chi connectivity index (χ1) is 18.8. The molecule has 1 amide bonds. The lowest BCUT2D eigenvalue weighted by atomic mass is 9.91. The van der Waals surface area contributed by atoms with E-state index in [1.165, 1.54) is 53.7 Å². The van der Waals surface area contributed by atoms with Gasteiger partial charge in [-0.2, -0.15) is 0 Å². The minimum absolute atomic E-state index is 0.0853. The monoisotopic (exact) mass is 549 g/mol. The van der Waals surface area contributed by atoms with Crippen LogP contribution in [0.1, 0.15) is 74.1 Å². The van der Waals surface area contributed by atoms with Crippen LogP contribution in [0.15, 0.2) is 53.4 Å². The summed E-state index contributed by atoms with van der Waals surface area (Å²) in [7, 11) is -1.81. The first kappa shape index (κ1) is 28.3. The number of rotatable bonds is 6. The summed E-state index contributed by atoms with van der Waals surface area (Å²) in [5, 5.41) is 0. The average molecular weight is 550 g/mol. The summed E-state index contributed by atoms with van der Waals surface area (Å²) in [6.45, 7) is 8.14. The molecule has 5 rings (SSSR count). The summed E-state index contributed by atoms with van der Waals surface area (Å²) in [6, 6.07) is 18.3. The van der Waals surface area contributed by atoms with E-state index in [9.17, 15) is 4.79 Å². The average Bonchev–Trinajstić information content (AvgIpc) is 2.96. The topological polar surface area (TPSA) is 36.0 Å². The number of benzene rings is 2. The third-order valence-electron chi connectivity index (χ3n) is 9.16. The summed E-state index contributed by atoms with van der Waals surface area (Å²) in [5.41, 5.74) is 3.86. The Hall–Kier alpha value is -2.28. The largest absolute Gasteiger partial charge is 0.448 e. The lowest BCUT2D eigenvalue weighted by Gasteiger charge is -2.47. The van der Waals surface area contributed by atoms with Gasteiger partial charge in [0.25, 0.3) is 0 Å². The van der Waals surface area contributed by atoms with Gasteiger partial charge in [-0.3, -0.25) is 4.90 Å². The molecule has 0 bridgehead atoms. The van der Waals surface area contributed by atoms with Gasteiger partial charge in [-0.15, -0.1) is 9.39 Å². The second kappa shape index (κ2) is 12.5. The Morgan fingerprint density at radius 3 is 2.26 bits per heavy atom. The van der Waals surface area contributed by atoms with E-state index in [1.54, 1.807) is 0 Å². The highest BCUT2D eigenvalue weighted by Crippen LogP contribution is 2.49.